The van der Waals surface area contributed by atoms with Gasteiger partial charge in [-0.2, -0.15) is 0 Å². The van der Waals surface area contributed by atoms with Crippen LogP contribution in [-0.2, 0) is 4.43 Å². The van der Waals surface area contributed by atoms with E-state index >= 15 is 0 Å². The van der Waals surface area contributed by atoms with Crippen molar-refractivity contribution in [1.82, 2.24) is 0 Å². The molecule has 2 saturated carbocycles. The molecule has 2 aliphatic carbocycles. The van der Waals surface area contributed by atoms with Crippen molar-refractivity contribution in [2.75, 3.05) is 0 Å². The van der Waals surface area contributed by atoms with E-state index in [9.17, 15) is 5.11 Å². The Labute approximate surface area is 163 Å². The Kier molecular flexibility index (Phi) is 6.90. The standard InChI is InChI=1S/C23H44O2Si/c1-17(11-9-12-18(2)25-26(7,8)22(3,4)5)19-14-15-20-21(24)13-10-16-23(19,20)6/h9,11,17-21,24H,10,12-16H2,1-8H3/t17-,18-,19+,20-,21-,23+/m0/s1. The van der Waals surface area contributed by atoms with Gasteiger partial charge in [-0.3, -0.25) is 0 Å². The van der Waals surface area contributed by atoms with Crippen molar-refractivity contribution in [3.05, 3.63) is 12.2 Å². The lowest BCUT2D eigenvalue weighted by atomic mass is 9.62. The largest absolute Gasteiger partial charge is 0.414 e. The maximum absolute atomic E-state index is 10.4. The summed E-state index contributed by atoms with van der Waals surface area (Å²) < 4.78 is 6.48. The lowest BCUT2D eigenvalue weighted by molar-refractivity contribution is -0.0231. The van der Waals surface area contributed by atoms with Crippen LogP contribution in [0.3, 0.4) is 0 Å². The van der Waals surface area contributed by atoms with E-state index in [2.05, 4.69) is 66.8 Å². The summed E-state index contributed by atoms with van der Waals surface area (Å²) in [6.07, 6.45) is 12.0. The van der Waals surface area contributed by atoms with Gasteiger partial charge in [0.1, 0.15) is 0 Å². The summed E-state index contributed by atoms with van der Waals surface area (Å²) in [5, 5.41) is 10.7. The maximum atomic E-state index is 10.4. The van der Waals surface area contributed by atoms with E-state index in [4.69, 9.17) is 4.43 Å². The lowest BCUT2D eigenvalue weighted by Gasteiger charge is -2.44. The number of allylic oxidation sites excluding steroid dienone is 1. The van der Waals surface area contributed by atoms with E-state index in [0.29, 0.717) is 23.4 Å². The van der Waals surface area contributed by atoms with Crippen molar-refractivity contribution in [2.24, 2.45) is 23.2 Å². The molecule has 2 nitrogen and oxygen atoms in total. The van der Waals surface area contributed by atoms with Crippen molar-refractivity contribution >= 4 is 8.32 Å². The Morgan fingerprint density at radius 3 is 2.46 bits per heavy atom. The highest BCUT2D eigenvalue weighted by Crippen LogP contribution is 2.57. The molecule has 0 saturated heterocycles. The average Bonchev–Trinajstić information content (AvgIpc) is 2.84. The molecule has 0 unspecified atom stereocenters. The first-order valence-corrected chi connectivity index (χ1v) is 13.8. The average molecular weight is 381 g/mol. The van der Waals surface area contributed by atoms with Gasteiger partial charge in [-0.05, 0) is 80.3 Å². The molecular weight excluding hydrogens is 336 g/mol. The molecule has 0 aromatic rings. The van der Waals surface area contributed by atoms with Crippen LogP contribution in [0.4, 0.5) is 0 Å². The number of aliphatic hydroxyl groups excluding tert-OH is 1. The number of rotatable bonds is 6. The normalized spacial score (nSPS) is 35.5. The van der Waals surface area contributed by atoms with Gasteiger partial charge in [0.2, 0.25) is 0 Å². The second-order valence-corrected chi connectivity index (χ2v) is 15.7. The Hall–Kier alpha value is -0.123. The van der Waals surface area contributed by atoms with Gasteiger partial charge in [-0.25, -0.2) is 0 Å². The first-order valence-electron chi connectivity index (χ1n) is 10.9. The van der Waals surface area contributed by atoms with E-state index in [1.54, 1.807) is 0 Å². The first-order chi connectivity index (χ1) is 11.9. The van der Waals surface area contributed by atoms with Gasteiger partial charge < -0.3 is 9.53 Å². The van der Waals surface area contributed by atoms with Crippen LogP contribution in [-0.4, -0.2) is 25.6 Å². The fourth-order valence-corrected chi connectivity index (χ4v) is 6.86. The van der Waals surface area contributed by atoms with Crippen molar-refractivity contribution in [1.29, 1.82) is 0 Å². The molecule has 2 rings (SSSR count). The maximum Gasteiger partial charge on any atom is 0.192 e. The second-order valence-electron chi connectivity index (χ2n) is 11.0. The van der Waals surface area contributed by atoms with Gasteiger partial charge in [-0.15, -0.1) is 0 Å². The van der Waals surface area contributed by atoms with E-state index < -0.39 is 8.32 Å². The summed E-state index contributed by atoms with van der Waals surface area (Å²) in [6.45, 7) is 18.6. The Morgan fingerprint density at radius 1 is 1.19 bits per heavy atom. The van der Waals surface area contributed by atoms with Gasteiger partial charge in [0.05, 0.1) is 6.10 Å². The first kappa shape index (κ1) is 22.2. The third-order valence-corrected chi connectivity index (χ3v) is 12.6. The Balaban J connectivity index is 1.90. The van der Waals surface area contributed by atoms with Crippen LogP contribution in [0.15, 0.2) is 12.2 Å². The number of hydrogen-bond acceptors (Lipinski definition) is 2. The molecule has 0 spiro atoms. The predicted octanol–water partition coefficient (Wildman–Crippen LogP) is 6.56. The molecule has 3 heteroatoms. The number of hydrogen-bond donors (Lipinski definition) is 1. The molecule has 26 heavy (non-hydrogen) atoms. The fraction of sp³-hybridized carbons (Fsp3) is 0.913. The van der Waals surface area contributed by atoms with Crippen molar-refractivity contribution in [2.45, 2.75) is 110 Å². The summed E-state index contributed by atoms with van der Waals surface area (Å²) in [7, 11) is -1.68. The number of aliphatic hydroxyl groups is 1. The van der Waals surface area contributed by atoms with Gasteiger partial charge in [0.15, 0.2) is 8.32 Å². The van der Waals surface area contributed by atoms with Gasteiger partial charge in [-0.1, -0.05) is 53.2 Å². The fourth-order valence-electron chi connectivity index (χ4n) is 5.40. The van der Waals surface area contributed by atoms with Gasteiger partial charge in [0, 0.05) is 6.10 Å². The van der Waals surface area contributed by atoms with Gasteiger partial charge >= 0.3 is 0 Å². The molecule has 0 heterocycles. The quantitative estimate of drug-likeness (QED) is 0.418. The molecular formula is C23H44O2Si. The molecule has 0 radical (unpaired) electrons. The van der Waals surface area contributed by atoms with Gasteiger partial charge in [0.25, 0.3) is 0 Å². The smallest absolute Gasteiger partial charge is 0.192 e. The molecule has 0 amide bonds. The molecule has 0 aromatic heterocycles. The Bertz CT molecular complexity index is 493. The molecule has 0 bridgehead atoms. The van der Waals surface area contributed by atoms with Crippen LogP contribution in [0.5, 0.6) is 0 Å². The van der Waals surface area contributed by atoms with Crippen molar-refractivity contribution in [3.63, 3.8) is 0 Å². The Morgan fingerprint density at radius 2 is 1.85 bits per heavy atom. The highest BCUT2D eigenvalue weighted by molar-refractivity contribution is 6.74. The van der Waals surface area contributed by atoms with Crippen LogP contribution in [0.1, 0.15) is 80.1 Å². The topological polar surface area (TPSA) is 29.5 Å². The van der Waals surface area contributed by atoms with Crippen LogP contribution in [0, 0.1) is 23.2 Å². The summed E-state index contributed by atoms with van der Waals surface area (Å²) in [5.41, 5.74) is 0.338. The molecule has 0 aliphatic heterocycles. The van der Waals surface area contributed by atoms with E-state index in [1.165, 1.54) is 25.7 Å². The van der Waals surface area contributed by atoms with Crippen LogP contribution < -0.4 is 0 Å². The minimum Gasteiger partial charge on any atom is -0.414 e. The van der Waals surface area contributed by atoms with Crippen LogP contribution in [0.25, 0.3) is 0 Å². The van der Waals surface area contributed by atoms with Crippen molar-refractivity contribution < 1.29 is 9.53 Å². The summed E-state index contributed by atoms with van der Waals surface area (Å²) in [4.78, 5) is 0. The van der Waals surface area contributed by atoms with E-state index in [1.807, 2.05) is 0 Å². The minimum absolute atomic E-state index is 0.0621. The molecule has 2 aliphatic rings. The molecule has 6 atom stereocenters. The zero-order valence-corrected chi connectivity index (χ0v) is 19.6. The highest BCUT2D eigenvalue weighted by Gasteiger charge is 2.51. The monoisotopic (exact) mass is 380 g/mol. The number of fused-ring (bicyclic) bond motifs is 1. The molecule has 0 aromatic carbocycles. The van der Waals surface area contributed by atoms with Crippen molar-refractivity contribution in [3.8, 4) is 0 Å². The second kappa shape index (κ2) is 8.09. The highest BCUT2D eigenvalue weighted by atomic mass is 28.4. The minimum atomic E-state index is -1.68. The van der Waals surface area contributed by atoms with E-state index in [0.717, 1.165) is 18.8 Å². The predicted molar refractivity (Wildman–Crippen MR) is 115 cm³/mol. The lowest BCUT2D eigenvalue weighted by Crippen LogP contribution is -2.43. The molecule has 152 valence electrons. The molecule has 2 fully saturated rings. The van der Waals surface area contributed by atoms with E-state index in [-0.39, 0.29) is 11.1 Å². The van der Waals surface area contributed by atoms with Crippen LogP contribution >= 0.6 is 0 Å². The zero-order valence-electron chi connectivity index (χ0n) is 18.6. The third-order valence-electron chi connectivity index (χ3n) is 8.01. The zero-order chi connectivity index (χ0) is 19.8. The third kappa shape index (κ3) is 4.64. The molecule has 1 N–H and O–H groups in total. The summed E-state index contributed by atoms with van der Waals surface area (Å²) in [5.74, 6) is 1.84. The van der Waals surface area contributed by atoms with Crippen LogP contribution in [0.2, 0.25) is 18.1 Å². The SMILES string of the molecule is C[C@@H](CC=C[C@H](C)[C@H]1CC[C@H]2[C@@H](O)CCC[C@]12C)O[Si](C)(C)C(C)(C)C. The summed E-state index contributed by atoms with van der Waals surface area (Å²) >= 11 is 0. The summed E-state index contributed by atoms with van der Waals surface area (Å²) in [6, 6.07) is 0.